The summed E-state index contributed by atoms with van der Waals surface area (Å²) in [5, 5.41) is 0. The average molecular weight is 158 g/mol. The molecule has 2 heteroatoms. The normalized spacial score (nSPS) is 38.5. The average Bonchev–Trinajstić information content (AvgIpc) is 2.32. The van der Waals surface area contributed by atoms with Crippen molar-refractivity contribution in [3.05, 3.63) is 0 Å². The Kier molecular flexibility index (Phi) is 2.55. The lowest BCUT2D eigenvalue weighted by Gasteiger charge is -2.32. The number of hydrogen-bond acceptors (Lipinski definition) is 2. The minimum absolute atomic E-state index is 0.217. The molecule has 1 rings (SSSR count). The summed E-state index contributed by atoms with van der Waals surface area (Å²) >= 11 is 0. The van der Waals surface area contributed by atoms with Crippen molar-refractivity contribution in [3.63, 3.8) is 0 Å². The molecule has 2 atom stereocenters. The molecule has 0 spiro atoms. The Bertz CT molecular complexity index is 134. The van der Waals surface area contributed by atoms with Crippen LogP contribution >= 0.6 is 0 Å². The first-order valence-electron chi connectivity index (χ1n) is 4.22. The van der Waals surface area contributed by atoms with Gasteiger partial charge in [0.25, 0.3) is 0 Å². The third-order valence-corrected chi connectivity index (χ3v) is 3.02. The van der Waals surface area contributed by atoms with Crippen LogP contribution in [0.1, 0.15) is 20.8 Å². The lowest BCUT2D eigenvalue weighted by Crippen LogP contribution is -2.37. The molecule has 0 bridgehead atoms. The first-order valence-corrected chi connectivity index (χ1v) is 4.22. The lowest BCUT2D eigenvalue weighted by atomic mass is 9.77. The number of ether oxygens (including phenoxy) is 2. The molecule has 0 radical (unpaired) electrons. The van der Waals surface area contributed by atoms with Gasteiger partial charge in [0.2, 0.25) is 0 Å². The molecular weight excluding hydrogens is 140 g/mol. The highest BCUT2D eigenvalue weighted by Crippen LogP contribution is 2.37. The maximum Gasteiger partial charge on any atom is 0.0882 e. The first kappa shape index (κ1) is 9.01. The van der Waals surface area contributed by atoms with Crippen molar-refractivity contribution in [1.82, 2.24) is 0 Å². The van der Waals surface area contributed by atoms with Gasteiger partial charge in [-0.25, -0.2) is 0 Å². The monoisotopic (exact) mass is 158 g/mol. The van der Waals surface area contributed by atoms with E-state index < -0.39 is 0 Å². The van der Waals surface area contributed by atoms with Gasteiger partial charge >= 0.3 is 0 Å². The van der Waals surface area contributed by atoms with Gasteiger partial charge in [0, 0.05) is 12.5 Å². The molecule has 11 heavy (non-hydrogen) atoms. The van der Waals surface area contributed by atoms with Crippen LogP contribution in [0.4, 0.5) is 0 Å². The Labute approximate surface area is 68.9 Å². The topological polar surface area (TPSA) is 18.5 Å². The zero-order valence-corrected chi connectivity index (χ0v) is 7.89. The second-order valence-corrected chi connectivity index (χ2v) is 3.90. The van der Waals surface area contributed by atoms with Crippen molar-refractivity contribution >= 4 is 0 Å². The van der Waals surface area contributed by atoms with E-state index in [1.165, 1.54) is 0 Å². The fourth-order valence-electron chi connectivity index (χ4n) is 1.54. The van der Waals surface area contributed by atoms with Crippen LogP contribution in [0.2, 0.25) is 0 Å². The van der Waals surface area contributed by atoms with Crippen LogP contribution in [0.25, 0.3) is 0 Å². The number of hydrogen-bond donors (Lipinski definition) is 0. The van der Waals surface area contributed by atoms with E-state index in [4.69, 9.17) is 9.47 Å². The van der Waals surface area contributed by atoms with Gasteiger partial charge in [0.1, 0.15) is 0 Å². The molecule has 0 aromatic rings. The van der Waals surface area contributed by atoms with Crippen molar-refractivity contribution in [2.45, 2.75) is 26.9 Å². The Morgan fingerprint density at radius 2 is 2.18 bits per heavy atom. The molecule has 66 valence electrons. The lowest BCUT2D eigenvalue weighted by molar-refractivity contribution is 0.00831. The van der Waals surface area contributed by atoms with E-state index in [1.807, 2.05) is 0 Å². The highest BCUT2D eigenvalue weighted by Gasteiger charge is 2.42. The van der Waals surface area contributed by atoms with Gasteiger partial charge in [-0.2, -0.15) is 0 Å². The predicted molar refractivity (Wildman–Crippen MR) is 44.6 cm³/mol. The van der Waals surface area contributed by atoms with Crippen molar-refractivity contribution in [1.29, 1.82) is 0 Å². The zero-order chi connectivity index (χ0) is 8.48. The predicted octanol–water partition coefficient (Wildman–Crippen LogP) is 1.69. The molecule has 1 aliphatic heterocycles. The third kappa shape index (κ3) is 1.42. The maximum atomic E-state index is 5.40. The molecule has 0 N–H and O–H groups in total. The van der Waals surface area contributed by atoms with Gasteiger partial charge in [0.15, 0.2) is 0 Å². The summed E-state index contributed by atoms with van der Waals surface area (Å²) in [6.07, 6.45) is 0.280. The van der Waals surface area contributed by atoms with Crippen LogP contribution < -0.4 is 0 Å². The molecule has 1 fully saturated rings. The summed E-state index contributed by atoms with van der Waals surface area (Å²) < 4.78 is 10.8. The summed E-state index contributed by atoms with van der Waals surface area (Å²) in [5.41, 5.74) is 0.217. The van der Waals surface area contributed by atoms with Crippen LogP contribution in [-0.2, 0) is 9.47 Å². The van der Waals surface area contributed by atoms with Crippen LogP contribution in [0, 0.1) is 11.3 Å². The van der Waals surface area contributed by atoms with E-state index >= 15 is 0 Å². The molecule has 0 aliphatic carbocycles. The minimum atomic E-state index is 0.217. The molecular formula is C9H18O2. The van der Waals surface area contributed by atoms with Crippen molar-refractivity contribution in [3.8, 4) is 0 Å². The van der Waals surface area contributed by atoms with E-state index in [2.05, 4.69) is 20.8 Å². The van der Waals surface area contributed by atoms with Gasteiger partial charge in [-0.3, -0.25) is 0 Å². The molecule has 1 aliphatic rings. The summed E-state index contributed by atoms with van der Waals surface area (Å²) in [6, 6.07) is 0. The summed E-state index contributed by atoms with van der Waals surface area (Å²) in [6.45, 7) is 8.27. The molecule has 0 amide bonds. The van der Waals surface area contributed by atoms with Crippen LogP contribution in [0.3, 0.4) is 0 Å². The Morgan fingerprint density at radius 1 is 1.55 bits per heavy atom. The zero-order valence-electron chi connectivity index (χ0n) is 7.89. The van der Waals surface area contributed by atoms with E-state index in [9.17, 15) is 0 Å². The van der Waals surface area contributed by atoms with Gasteiger partial charge in [-0.1, -0.05) is 20.8 Å². The molecule has 1 unspecified atom stereocenters. The van der Waals surface area contributed by atoms with Gasteiger partial charge in [-0.15, -0.1) is 0 Å². The SMILES string of the molecule is CO[C@H]1COCC1(C)C(C)C. The maximum absolute atomic E-state index is 5.40. The van der Waals surface area contributed by atoms with Crippen molar-refractivity contribution < 1.29 is 9.47 Å². The van der Waals surface area contributed by atoms with Crippen molar-refractivity contribution in [2.75, 3.05) is 20.3 Å². The summed E-state index contributed by atoms with van der Waals surface area (Å²) in [5.74, 6) is 0.620. The van der Waals surface area contributed by atoms with Crippen LogP contribution in [0.15, 0.2) is 0 Å². The molecule has 1 heterocycles. The molecule has 1 saturated heterocycles. The standard InChI is InChI=1S/C9H18O2/c1-7(2)9(3)6-11-5-8(9)10-4/h7-8H,5-6H2,1-4H3/t8-,9?/m0/s1. The van der Waals surface area contributed by atoms with E-state index in [0.717, 1.165) is 13.2 Å². The minimum Gasteiger partial charge on any atom is -0.378 e. The summed E-state index contributed by atoms with van der Waals surface area (Å²) in [7, 11) is 1.76. The highest BCUT2D eigenvalue weighted by atomic mass is 16.5. The second-order valence-electron chi connectivity index (χ2n) is 3.90. The summed E-state index contributed by atoms with van der Waals surface area (Å²) in [4.78, 5) is 0. The molecule has 0 aromatic carbocycles. The number of rotatable bonds is 2. The van der Waals surface area contributed by atoms with Gasteiger partial charge < -0.3 is 9.47 Å². The largest absolute Gasteiger partial charge is 0.378 e. The number of methoxy groups -OCH3 is 1. The quantitative estimate of drug-likeness (QED) is 0.609. The fourth-order valence-corrected chi connectivity index (χ4v) is 1.54. The van der Waals surface area contributed by atoms with E-state index in [-0.39, 0.29) is 11.5 Å². The Balaban J connectivity index is 2.67. The Hall–Kier alpha value is -0.0800. The highest BCUT2D eigenvalue weighted by molar-refractivity contribution is 4.90. The fraction of sp³-hybridized carbons (Fsp3) is 1.00. The van der Waals surface area contributed by atoms with E-state index in [1.54, 1.807) is 7.11 Å². The van der Waals surface area contributed by atoms with Crippen LogP contribution in [0.5, 0.6) is 0 Å². The smallest absolute Gasteiger partial charge is 0.0882 e. The van der Waals surface area contributed by atoms with Gasteiger partial charge in [-0.05, 0) is 5.92 Å². The molecule has 0 aromatic heterocycles. The second kappa shape index (κ2) is 3.11. The Morgan fingerprint density at radius 3 is 2.55 bits per heavy atom. The molecule has 2 nitrogen and oxygen atoms in total. The molecule has 0 saturated carbocycles. The van der Waals surface area contributed by atoms with Crippen LogP contribution in [-0.4, -0.2) is 26.4 Å². The van der Waals surface area contributed by atoms with Gasteiger partial charge in [0.05, 0.1) is 19.3 Å². The third-order valence-electron chi connectivity index (χ3n) is 3.02. The first-order chi connectivity index (χ1) is 5.11. The van der Waals surface area contributed by atoms with Crippen molar-refractivity contribution in [2.24, 2.45) is 11.3 Å². The van der Waals surface area contributed by atoms with E-state index in [0.29, 0.717) is 5.92 Å².